The van der Waals surface area contributed by atoms with Gasteiger partial charge in [-0.2, -0.15) is 0 Å². The van der Waals surface area contributed by atoms with E-state index in [9.17, 15) is 4.79 Å². The Kier molecular flexibility index (Phi) is 3.29. The molecule has 2 fully saturated rings. The minimum Gasteiger partial charge on any atom is -0.339 e. The lowest BCUT2D eigenvalue weighted by atomic mass is 9.84. The van der Waals surface area contributed by atoms with Gasteiger partial charge in [0, 0.05) is 19.0 Å². The first kappa shape index (κ1) is 10.9. The Balaban J connectivity index is 2.05. The molecule has 0 aromatic heterocycles. The Bertz CT molecular complexity index is 240. The summed E-state index contributed by atoms with van der Waals surface area (Å²) >= 11 is 0. The van der Waals surface area contributed by atoms with Crippen LogP contribution in [-0.2, 0) is 4.79 Å². The molecule has 0 aliphatic carbocycles. The van der Waals surface area contributed by atoms with Crippen molar-refractivity contribution in [2.24, 2.45) is 11.8 Å². The standard InChI is InChI=1S/C12H22N2O/c1-9(2)8-14-11-5-6-13-7-10(11)3-4-12(14)15/h9-11,13H,3-8H2,1-2H3/t10-,11+/m0/s1. The first-order chi connectivity index (χ1) is 7.18. The Morgan fingerprint density at radius 2 is 2.27 bits per heavy atom. The first-order valence-corrected chi connectivity index (χ1v) is 6.18. The second-order valence-corrected chi connectivity index (χ2v) is 5.30. The molecule has 2 rings (SSSR count). The Hall–Kier alpha value is -0.570. The molecule has 3 heteroatoms. The van der Waals surface area contributed by atoms with E-state index in [0.29, 0.717) is 23.8 Å². The minimum atomic E-state index is 0.381. The van der Waals surface area contributed by atoms with Crippen molar-refractivity contribution in [1.82, 2.24) is 10.2 Å². The van der Waals surface area contributed by atoms with Gasteiger partial charge in [0.1, 0.15) is 0 Å². The summed E-state index contributed by atoms with van der Waals surface area (Å²) in [6.07, 6.45) is 2.99. The summed E-state index contributed by atoms with van der Waals surface area (Å²) in [7, 11) is 0. The highest BCUT2D eigenvalue weighted by Gasteiger charge is 2.36. The van der Waals surface area contributed by atoms with Gasteiger partial charge in [0.2, 0.25) is 5.91 Å². The predicted molar refractivity (Wildman–Crippen MR) is 60.5 cm³/mol. The second kappa shape index (κ2) is 4.52. The van der Waals surface area contributed by atoms with Gasteiger partial charge in [-0.05, 0) is 37.8 Å². The van der Waals surface area contributed by atoms with Crippen molar-refractivity contribution in [3.63, 3.8) is 0 Å². The summed E-state index contributed by atoms with van der Waals surface area (Å²) in [4.78, 5) is 14.0. The number of rotatable bonds is 2. The van der Waals surface area contributed by atoms with Crippen LogP contribution in [0.2, 0.25) is 0 Å². The number of likely N-dealkylation sites (tertiary alicyclic amines) is 1. The number of hydrogen-bond acceptors (Lipinski definition) is 2. The Morgan fingerprint density at radius 1 is 1.47 bits per heavy atom. The van der Waals surface area contributed by atoms with Gasteiger partial charge in [-0.25, -0.2) is 0 Å². The smallest absolute Gasteiger partial charge is 0.222 e. The van der Waals surface area contributed by atoms with Crippen molar-refractivity contribution in [2.75, 3.05) is 19.6 Å². The highest BCUT2D eigenvalue weighted by atomic mass is 16.2. The minimum absolute atomic E-state index is 0.381. The molecule has 0 aromatic carbocycles. The fourth-order valence-electron chi connectivity index (χ4n) is 2.88. The van der Waals surface area contributed by atoms with E-state index in [2.05, 4.69) is 24.1 Å². The van der Waals surface area contributed by atoms with E-state index in [1.165, 1.54) is 0 Å². The number of carbonyl (C=O) groups excluding carboxylic acids is 1. The van der Waals surface area contributed by atoms with E-state index in [1.807, 2.05) is 0 Å². The summed E-state index contributed by atoms with van der Waals surface area (Å²) < 4.78 is 0. The lowest BCUT2D eigenvalue weighted by molar-refractivity contribution is -0.140. The molecule has 2 atom stereocenters. The quantitative estimate of drug-likeness (QED) is 0.744. The van der Waals surface area contributed by atoms with Gasteiger partial charge in [0.25, 0.3) is 0 Å². The zero-order valence-corrected chi connectivity index (χ0v) is 9.83. The summed E-state index contributed by atoms with van der Waals surface area (Å²) in [5.74, 6) is 1.67. The molecule has 2 aliphatic heterocycles. The molecular weight excluding hydrogens is 188 g/mol. The van der Waals surface area contributed by atoms with Crippen LogP contribution in [0.5, 0.6) is 0 Å². The van der Waals surface area contributed by atoms with Gasteiger partial charge < -0.3 is 10.2 Å². The number of hydrogen-bond donors (Lipinski definition) is 1. The Labute approximate surface area is 92.2 Å². The maximum atomic E-state index is 11.9. The molecule has 2 saturated heterocycles. The van der Waals surface area contributed by atoms with E-state index in [-0.39, 0.29) is 0 Å². The first-order valence-electron chi connectivity index (χ1n) is 6.18. The average Bonchev–Trinajstić information content (AvgIpc) is 2.22. The van der Waals surface area contributed by atoms with Crippen molar-refractivity contribution in [2.45, 2.75) is 39.2 Å². The Morgan fingerprint density at radius 3 is 3.00 bits per heavy atom. The van der Waals surface area contributed by atoms with Crippen LogP contribution in [0.4, 0.5) is 0 Å². The summed E-state index contributed by atoms with van der Waals surface area (Å²) in [5.41, 5.74) is 0. The zero-order valence-electron chi connectivity index (χ0n) is 9.83. The molecule has 1 N–H and O–H groups in total. The lowest BCUT2D eigenvalue weighted by Crippen LogP contribution is -2.55. The number of carbonyl (C=O) groups is 1. The van der Waals surface area contributed by atoms with Crippen LogP contribution < -0.4 is 5.32 Å². The normalized spacial score (nSPS) is 31.9. The van der Waals surface area contributed by atoms with Gasteiger partial charge in [-0.15, -0.1) is 0 Å². The third kappa shape index (κ3) is 2.33. The van der Waals surface area contributed by atoms with Gasteiger partial charge in [0.05, 0.1) is 0 Å². The fourth-order valence-corrected chi connectivity index (χ4v) is 2.88. The predicted octanol–water partition coefficient (Wildman–Crippen LogP) is 1.24. The van der Waals surface area contributed by atoms with Crippen molar-refractivity contribution in [3.05, 3.63) is 0 Å². The number of fused-ring (bicyclic) bond motifs is 1. The highest BCUT2D eigenvalue weighted by molar-refractivity contribution is 5.77. The average molecular weight is 210 g/mol. The van der Waals surface area contributed by atoms with E-state index < -0.39 is 0 Å². The summed E-state index contributed by atoms with van der Waals surface area (Å²) in [6, 6.07) is 0.523. The molecule has 0 saturated carbocycles. The zero-order chi connectivity index (χ0) is 10.8. The number of amides is 1. The van der Waals surface area contributed by atoms with Gasteiger partial charge in [-0.1, -0.05) is 13.8 Å². The number of nitrogens with zero attached hydrogens (tertiary/aromatic N) is 1. The molecule has 3 nitrogen and oxygen atoms in total. The monoisotopic (exact) mass is 210 g/mol. The van der Waals surface area contributed by atoms with Gasteiger partial charge in [-0.3, -0.25) is 4.79 Å². The largest absolute Gasteiger partial charge is 0.339 e. The van der Waals surface area contributed by atoms with E-state index in [0.717, 1.165) is 38.9 Å². The fraction of sp³-hybridized carbons (Fsp3) is 0.917. The van der Waals surface area contributed by atoms with Crippen molar-refractivity contribution >= 4 is 5.91 Å². The van der Waals surface area contributed by atoms with Crippen molar-refractivity contribution in [1.29, 1.82) is 0 Å². The lowest BCUT2D eigenvalue weighted by Gasteiger charge is -2.44. The van der Waals surface area contributed by atoms with Crippen LogP contribution in [0.3, 0.4) is 0 Å². The molecule has 0 aromatic rings. The summed E-state index contributed by atoms with van der Waals surface area (Å²) in [5, 5.41) is 3.43. The molecule has 86 valence electrons. The molecule has 0 bridgehead atoms. The molecule has 2 aliphatic rings. The molecule has 0 radical (unpaired) electrons. The third-order valence-corrected chi connectivity index (χ3v) is 3.58. The molecule has 0 spiro atoms. The van der Waals surface area contributed by atoms with E-state index in [4.69, 9.17) is 0 Å². The molecule has 1 amide bonds. The molecular formula is C12H22N2O. The van der Waals surface area contributed by atoms with E-state index in [1.54, 1.807) is 0 Å². The van der Waals surface area contributed by atoms with Crippen LogP contribution >= 0.6 is 0 Å². The summed E-state index contributed by atoms with van der Waals surface area (Å²) in [6.45, 7) is 7.51. The highest BCUT2D eigenvalue weighted by Crippen LogP contribution is 2.28. The van der Waals surface area contributed by atoms with Crippen LogP contribution in [0.15, 0.2) is 0 Å². The molecule has 0 unspecified atom stereocenters. The van der Waals surface area contributed by atoms with Crippen LogP contribution in [-0.4, -0.2) is 36.5 Å². The van der Waals surface area contributed by atoms with Crippen LogP contribution in [0, 0.1) is 11.8 Å². The SMILES string of the molecule is CC(C)CN1C(=O)CC[C@H]2CNCC[C@H]21. The number of piperidine rings is 2. The van der Waals surface area contributed by atoms with E-state index >= 15 is 0 Å². The second-order valence-electron chi connectivity index (χ2n) is 5.30. The molecule has 15 heavy (non-hydrogen) atoms. The van der Waals surface area contributed by atoms with Gasteiger partial charge >= 0.3 is 0 Å². The third-order valence-electron chi connectivity index (χ3n) is 3.58. The van der Waals surface area contributed by atoms with Crippen molar-refractivity contribution < 1.29 is 4.79 Å². The topological polar surface area (TPSA) is 32.3 Å². The van der Waals surface area contributed by atoms with Crippen LogP contribution in [0.1, 0.15) is 33.1 Å². The maximum Gasteiger partial charge on any atom is 0.222 e. The maximum absolute atomic E-state index is 11.9. The number of nitrogens with one attached hydrogen (secondary N) is 1. The van der Waals surface area contributed by atoms with Crippen LogP contribution in [0.25, 0.3) is 0 Å². The van der Waals surface area contributed by atoms with Crippen molar-refractivity contribution in [3.8, 4) is 0 Å². The molecule has 2 heterocycles. The van der Waals surface area contributed by atoms with Gasteiger partial charge in [0.15, 0.2) is 0 Å².